The molecule has 0 N–H and O–H groups in total. The Morgan fingerprint density at radius 3 is 2.67 bits per heavy atom. The topological polar surface area (TPSA) is 56.0 Å². The number of aromatic nitrogens is 1. The minimum atomic E-state index is -0.415. The Hall–Kier alpha value is -1.01. The first kappa shape index (κ1) is 10.5. The molecule has 0 aliphatic heterocycles. The van der Waals surface area contributed by atoms with Gasteiger partial charge < -0.3 is 0 Å². The van der Waals surface area contributed by atoms with Crippen LogP contribution in [-0.4, -0.2) is 9.91 Å². The summed E-state index contributed by atoms with van der Waals surface area (Å²) < 4.78 is 1.31. The lowest BCUT2D eigenvalue weighted by Crippen LogP contribution is -1.88. The number of halogens is 2. The number of hydrogen-bond acceptors (Lipinski definition) is 3. The molecule has 1 heterocycles. The van der Waals surface area contributed by atoms with Crippen LogP contribution in [0.2, 0.25) is 0 Å². The normalized spacial score (nSPS) is 10.5. The number of rotatable bonds is 1. The second-order valence-electron chi connectivity index (χ2n) is 2.90. The molecule has 0 atom stereocenters. The summed E-state index contributed by atoms with van der Waals surface area (Å²) in [5.74, 6) is 0. The van der Waals surface area contributed by atoms with Crippen LogP contribution in [-0.2, 0) is 0 Å². The zero-order valence-corrected chi connectivity index (χ0v) is 10.4. The molecule has 0 bridgehead atoms. The minimum Gasteiger partial charge on any atom is -0.258 e. The fraction of sp³-hybridized carbons (Fsp3) is 0. The van der Waals surface area contributed by atoms with Gasteiger partial charge >= 0.3 is 0 Å². The van der Waals surface area contributed by atoms with Crippen LogP contribution in [0.3, 0.4) is 0 Å². The molecule has 0 amide bonds. The Morgan fingerprint density at radius 1 is 1.27 bits per heavy atom. The van der Waals surface area contributed by atoms with E-state index in [9.17, 15) is 10.1 Å². The van der Waals surface area contributed by atoms with E-state index in [4.69, 9.17) is 0 Å². The average molecular weight is 332 g/mol. The molecule has 4 nitrogen and oxygen atoms in total. The molecule has 2 rings (SSSR count). The van der Waals surface area contributed by atoms with Gasteiger partial charge in [0.25, 0.3) is 5.69 Å². The lowest BCUT2D eigenvalue weighted by molar-refractivity contribution is -0.384. The fourth-order valence-corrected chi connectivity index (χ4v) is 2.50. The van der Waals surface area contributed by atoms with E-state index in [1.165, 1.54) is 12.1 Å². The van der Waals surface area contributed by atoms with Crippen LogP contribution in [0, 0.1) is 10.1 Å². The van der Waals surface area contributed by atoms with E-state index in [1.807, 2.05) is 0 Å². The average Bonchev–Trinajstić information content (AvgIpc) is 2.16. The van der Waals surface area contributed by atoms with Crippen molar-refractivity contribution in [2.45, 2.75) is 0 Å². The molecule has 0 fully saturated rings. The smallest absolute Gasteiger partial charge is 0.258 e. The molecule has 76 valence electrons. The zero-order chi connectivity index (χ0) is 11.0. The monoisotopic (exact) mass is 330 g/mol. The van der Waals surface area contributed by atoms with Gasteiger partial charge in [-0.25, -0.2) is 4.98 Å². The molecule has 6 heteroatoms. The summed E-state index contributed by atoms with van der Waals surface area (Å²) in [5.41, 5.74) is 0.0764. The van der Waals surface area contributed by atoms with Crippen LogP contribution in [0.5, 0.6) is 0 Å². The van der Waals surface area contributed by atoms with Gasteiger partial charge in [0.2, 0.25) is 0 Å². The number of non-ortho nitro benzene ring substituents is 1. The maximum atomic E-state index is 10.6. The van der Waals surface area contributed by atoms with Gasteiger partial charge in [0.05, 0.1) is 4.92 Å². The van der Waals surface area contributed by atoms with Gasteiger partial charge in [-0.05, 0) is 49.4 Å². The van der Waals surface area contributed by atoms with Crippen LogP contribution >= 0.6 is 31.9 Å². The maximum Gasteiger partial charge on any atom is 0.270 e. The number of benzene rings is 1. The van der Waals surface area contributed by atoms with E-state index in [0.717, 1.165) is 10.8 Å². The summed E-state index contributed by atoms with van der Waals surface area (Å²) in [4.78, 5) is 14.3. The highest BCUT2D eigenvalue weighted by Gasteiger charge is 2.08. The van der Waals surface area contributed by atoms with Crippen LogP contribution in [0.15, 0.2) is 33.5 Å². The first-order chi connectivity index (χ1) is 7.08. The third-order valence-corrected chi connectivity index (χ3v) is 2.96. The molecule has 0 aliphatic rings. The Bertz CT molecular complexity index is 557. The van der Waals surface area contributed by atoms with Gasteiger partial charge in [0.15, 0.2) is 0 Å². The summed E-state index contributed by atoms with van der Waals surface area (Å²) in [6.45, 7) is 0. The van der Waals surface area contributed by atoms with E-state index in [1.54, 1.807) is 12.1 Å². The Labute approximate surface area is 102 Å². The molecule has 0 aliphatic carbocycles. The van der Waals surface area contributed by atoms with Crippen molar-refractivity contribution < 1.29 is 4.92 Å². The quantitative estimate of drug-likeness (QED) is 0.455. The van der Waals surface area contributed by atoms with Crippen LogP contribution in [0.25, 0.3) is 10.8 Å². The van der Waals surface area contributed by atoms with Gasteiger partial charge in [-0.15, -0.1) is 0 Å². The second-order valence-corrected chi connectivity index (χ2v) is 4.46. The molecule has 1 aromatic carbocycles. The highest BCUT2D eigenvalue weighted by Crippen LogP contribution is 2.28. The summed E-state index contributed by atoms with van der Waals surface area (Å²) in [6.07, 6.45) is 0. The number of nitro benzene ring substituents is 1. The Kier molecular flexibility index (Phi) is 2.70. The van der Waals surface area contributed by atoms with E-state index in [0.29, 0.717) is 9.21 Å². The molecular weight excluding hydrogens is 328 g/mol. The van der Waals surface area contributed by atoms with Gasteiger partial charge in [-0.2, -0.15) is 0 Å². The lowest BCUT2D eigenvalue weighted by Gasteiger charge is -2.00. The number of pyridine rings is 1. The van der Waals surface area contributed by atoms with Crippen LogP contribution < -0.4 is 0 Å². The number of nitro groups is 1. The first-order valence-corrected chi connectivity index (χ1v) is 5.57. The van der Waals surface area contributed by atoms with Crippen molar-refractivity contribution in [3.05, 3.63) is 43.6 Å². The van der Waals surface area contributed by atoms with Crippen molar-refractivity contribution in [2.24, 2.45) is 0 Å². The Morgan fingerprint density at radius 2 is 2.00 bits per heavy atom. The van der Waals surface area contributed by atoms with Crippen molar-refractivity contribution in [1.82, 2.24) is 4.98 Å². The van der Waals surface area contributed by atoms with Crippen LogP contribution in [0.4, 0.5) is 5.69 Å². The highest BCUT2D eigenvalue weighted by atomic mass is 79.9. The van der Waals surface area contributed by atoms with Crippen LogP contribution in [0.1, 0.15) is 0 Å². The third-order valence-electron chi connectivity index (χ3n) is 1.95. The summed E-state index contributed by atoms with van der Waals surface area (Å²) in [7, 11) is 0. The zero-order valence-electron chi connectivity index (χ0n) is 7.28. The van der Waals surface area contributed by atoms with Gasteiger partial charge in [0, 0.05) is 17.5 Å². The summed E-state index contributed by atoms with van der Waals surface area (Å²) in [5, 5.41) is 12.2. The molecule has 0 spiro atoms. The minimum absolute atomic E-state index is 0.0764. The first-order valence-electron chi connectivity index (χ1n) is 3.98. The molecule has 0 radical (unpaired) electrons. The fourth-order valence-electron chi connectivity index (χ4n) is 1.29. The number of fused-ring (bicyclic) bond motifs is 1. The summed E-state index contributed by atoms with van der Waals surface area (Å²) >= 11 is 6.53. The van der Waals surface area contributed by atoms with Crippen molar-refractivity contribution in [1.29, 1.82) is 0 Å². The van der Waals surface area contributed by atoms with Gasteiger partial charge in [0.1, 0.15) is 9.21 Å². The van der Waals surface area contributed by atoms with Crippen molar-refractivity contribution in [2.75, 3.05) is 0 Å². The van der Waals surface area contributed by atoms with Gasteiger partial charge in [-0.3, -0.25) is 10.1 Å². The molecular formula is C9H4Br2N2O2. The molecule has 0 saturated heterocycles. The molecule has 0 unspecified atom stereocenters. The van der Waals surface area contributed by atoms with E-state index in [2.05, 4.69) is 36.8 Å². The highest BCUT2D eigenvalue weighted by molar-refractivity contribution is 9.11. The van der Waals surface area contributed by atoms with E-state index in [-0.39, 0.29) is 5.69 Å². The van der Waals surface area contributed by atoms with E-state index < -0.39 is 4.92 Å². The molecule has 1 aromatic heterocycles. The molecule has 2 aromatic rings. The predicted octanol–water partition coefficient (Wildman–Crippen LogP) is 3.67. The summed E-state index contributed by atoms with van der Waals surface area (Å²) in [6, 6.07) is 6.40. The largest absolute Gasteiger partial charge is 0.270 e. The second kappa shape index (κ2) is 3.86. The third kappa shape index (κ3) is 2.00. The predicted molar refractivity (Wildman–Crippen MR) is 63.8 cm³/mol. The van der Waals surface area contributed by atoms with Gasteiger partial charge in [-0.1, -0.05) is 0 Å². The molecule has 0 saturated carbocycles. The lowest BCUT2D eigenvalue weighted by atomic mass is 10.1. The van der Waals surface area contributed by atoms with E-state index >= 15 is 0 Å². The van der Waals surface area contributed by atoms with Crippen molar-refractivity contribution in [3.63, 3.8) is 0 Å². The SMILES string of the molecule is O=[N+]([O-])c1ccc2c(Br)nc(Br)cc2c1. The number of hydrogen-bond donors (Lipinski definition) is 0. The maximum absolute atomic E-state index is 10.6. The van der Waals surface area contributed by atoms with Crippen molar-refractivity contribution >= 4 is 48.3 Å². The standard InChI is InChI=1S/C9H4Br2N2O2/c10-8-4-5-3-6(13(14)15)1-2-7(5)9(11)12-8/h1-4H. The molecule has 15 heavy (non-hydrogen) atoms. The van der Waals surface area contributed by atoms with Crippen molar-refractivity contribution in [3.8, 4) is 0 Å². The number of nitrogens with zero attached hydrogens (tertiary/aromatic N) is 2. The Balaban J connectivity index is 2.76.